The molecule has 1 amide bonds. The van der Waals surface area contributed by atoms with Gasteiger partial charge in [0.1, 0.15) is 5.82 Å². The van der Waals surface area contributed by atoms with Crippen LogP contribution in [0.25, 0.3) is 10.8 Å². The number of hydrogen-bond donors (Lipinski definition) is 1. The van der Waals surface area contributed by atoms with Gasteiger partial charge in [-0.1, -0.05) is 30.3 Å². The lowest BCUT2D eigenvalue weighted by molar-refractivity contribution is -0.132. The van der Waals surface area contributed by atoms with Crippen molar-refractivity contribution in [2.45, 2.75) is 33.1 Å². The number of nitrogens with two attached hydrogens (primary N) is 1. The number of ether oxygens (including phenoxy) is 1. The predicted molar refractivity (Wildman–Crippen MR) is 119 cm³/mol. The number of rotatable bonds is 5. The van der Waals surface area contributed by atoms with Crippen molar-refractivity contribution >= 4 is 28.3 Å². The Morgan fingerprint density at radius 1 is 1.10 bits per heavy atom. The average molecular weight is 418 g/mol. The van der Waals surface area contributed by atoms with Crippen molar-refractivity contribution in [1.29, 1.82) is 0 Å². The molecule has 2 heterocycles. The molecule has 1 aliphatic heterocycles. The summed E-state index contributed by atoms with van der Waals surface area (Å²) in [5.74, 6) is -0.241. The lowest BCUT2D eigenvalue weighted by Gasteiger charge is -2.33. The maximum Gasteiger partial charge on any atom is 0.308 e. The first-order valence-corrected chi connectivity index (χ1v) is 10.5. The lowest BCUT2D eigenvalue weighted by Crippen LogP contribution is -2.34. The summed E-state index contributed by atoms with van der Waals surface area (Å²) >= 11 is 0. The van der Waals surface area contributed by atoms with Crippen LogP contribution in [0.5, 0.6) is 5.75 Å². The van der Waals surface area contributed by atoms with Gasteiger partial charge in [-0.05, 0) is 48.6 Å². The molecule has 1 saturated heterocycles. The average Bonchev–Trinajstić information content (AvgIpc) is 2.75. The van der Waals surface area contributed by atoms with Crippen LogP contribution in [-0.2, 0) is 11.2 Å². The largest absolute Gasteiger partial charge is 0.422 e. The second kappa shape index (κ2) is 8.71. The zero-order chi connectivity index (χ0) is 22.0. The lowest BCUT2D eigenvalue weighted by atomic mass is 9.92. The molecule has 0 unspecified atom stereocenters. The van der Waals surface area contributed by atoms with Crippen molar-refractivity contribution in [3.63, 3.8) is 0 Å². The third-order valence-corrected chi connectivity index (χ3v) is 5.74. The third-order valence-electron chi connectivity index (χ3n) is 5.74. The highest BCUT2D eigenvalue weighted by molar-refractivity contribution is 5.94. The van der Waals surface area contributed by atoms with Crippen LogP contribution < -0.4 is 15.4 Å². The number of aryl methyl sites for hydroxylation is 1. The zero-order valence-electron chi connectivity index (χ0n) is 17.8. The maximum atomic E-state index is 11.8. The summed E-state index contributed by atoms with van der Waals surface area (Å²) in [4.78, 5) is 34.3. The molecule has 0 aliphatic carbocycles. The predicted octanol–water partition coefficient (Wildman–Crippen LogP) is 3.42. The third kappa shape index (κ3) is 4.66. The second-order valence-corrected chi connectivity index (χ2v) is 8.03. The fourth-order valence-electron chi connectivity index (χ4n) is 4.17. The number of nitrogens with zero attached hydrogens (tertiary/aromatic N) is 3. The topological polar surface area (TPSA) is 98.4 Å². The molecule has 160 valence electrons. The van der Waals surface area contributed by atoms with Gasteiger partial charge < -0.3 is 15.4 Å². The number of aromatic nitrogens is 2. The fourth-order valence-corrected chi connectivity index (χ4v) is 4.17. The Morgan fingerprint density at radius 2 is 1.81 bits per heavy atom. The molecule has 0 bridgehead atoms. The van der Waals surface area contributed by atoms with E-state index < -0.39 is 11.9 Å². The van der Waals surface area contributed by atoms with Gasteiger partial charge in [0, 0.05) is 32.1 Å². The van der Waals surface area contributed by atoms with Crippen LogP contribution in [-0.4, -0.2) is 34.9 Å². The number of fused-ring (bicyclic) bond motifs is 1. The summed E-state index contributed by atoms with van der Waals surface area (Å²) in [6.45, 7) is 4.87. The van der Waals surface area contributed by atoms with Crippen LogP contribution in [0.3, 0.4) is 0 Å². The second-order valence-electron chi connectivity index (χ2n) is 8.03. The molecule has 4 rings (SSSR count). The van der Waals surface area contributed by atoms with Gasteiger partial charge in [-0.3, -0.25) is 9.59 Å². The van der Waals surface area contributed by atoms with Crippen LogP contribution in [0.15, 0.2) is 42.5 Å². The van der Waals surface area contributed by atoms with Gasteiger partial charge >= 0.3 is 5.97 Å². The molecule has 7 heteroatoms. The number of carbonyl (C=O) groups is 2. The molecule has 1 aliphatic rings. The number of piperidine rings is 1. The van der Waals surface area contributed by atoms with E-state index in [9.17, 15) is 9.59 Å². The molecule has 1 fully saturated rings. The first-order valence-electron chi connectivity index (χ1n) is 10.5. The van der Waals surface area contributed by atoms with Gasteiger partial charge in [0.25, 0.3) is 5.91 Å². The molecule has 0 spiro atoms. The van der Waals surface area contributed by atoms with Crippen LogP contribution >= 0.6 is 0 Å². The van der Waals surface area contributed by atoms with E-state index in [1.165, 1.54) is 23.4 Å². The summed E-state index contributed by atoms with van der Waals surface area (Å²) < 4.78 is 5.10. The molecular formula is C24H26N4O3. The molecule has 0 atom stereocenters. The fraction of sp³-hybridized carbons (Fsp3) is 0.333. The van der Waals surface area contributed by atoms with E-state index in [1.807, 2.05) is 0 Å². The van der Waals surface area contributed by atoms with E-state index in [4.69, 9.17) is 10.5 Å². The molecule has 31 heavy (non-hydrogen) atoms. The van der Waals surface area contributed by atoms with E-state index >= 15 is 0 Å². The summed E-state index contributed by atoms with van der Waals surface area (Å²) in [7, 11) is 0. The molecule has 7 nitrogen and oxygen atoms in total. The highest BCUT2D eigenvalue weighted by Gasteiger charge is 2.24. The highest BCUT2D eigenvalue weighted by atomic mass is 16.5. The van der Waals surface area contributed by atoms with Crippen LogP contribution in [0.1, 0.15) is 41.8 Å². The van der Waals surface area contributed by atoms with Crippen LogP contribution in [0.2, 0.25) is 0 Å². The Kier molecular flexibility index (Phi) is 5.84. The van der Waals surface area contributed by atoms with Crippen molar-refractivity contribution in [1.82, 2.24) is 9.97 Å². The highest BCUT2D eigenvalue weighted by Crippen LogP contribution is 2.29. The Hall–Kier alpha value is -3.48. The van der Waals surface area contributed by atoms with Gasteiger partial charge in [-0.15, -0.1) is 0 Å². The monoisotopic (exact) mass is 418 g/mol. The number of esters is 1. The SMILES string of the molecule is CC(=O)Oc1c(C)nc(CC2CCN(c3ccc4ccccc4c3)CC2)nc1C(N)=O. The number of carbonyl (C=O) groups excluding carboxylic acids is 2. The normalized spacial score (nSPS) is 14.6. The molecular weight excluding hydrogens is 392 g/mol. The van der Waals surface area contributed by atoms with Crippen molar-refractivity contribution in [3.8, 4) is 5.75 Å². The first-order chi connectivity index (χ1) is 14.9. The van der Waals surface area contributed by atoms with Crippen molar-refractivity contribution in [3.05, 3.63) is 59.7 Å². The molecule has 1 aromatic heterocycles. The number of primary amides is 1. The van der Waals surface area contributed by atoms with E-state index in [0.29, 0.717) is 23.9 Å². The minimum Gasteiger partial charge on any atom is -0.422 e. The van der Waals surface area contributed by atoms with E-state index in [-0.39, 0.29) is 11.4 Å². The van der Waals surface area contributed by atoms with Crippen LogP contribution in [0.4, 0.5) is 5.69 Å². The zero-order valence-corrected chi connectivity index (χ0v) is 17.8. The first kappa shape index (κ1) is 20.8. The minimum absolute atomic E-state index is 0.0358. The van der Waals surface area contributed by atoms with Crippen molar-refractivity contribution < 1.29 is 14.3 Å². The number of amides is 1. The Bertz CT molecular complexity index is 1140. The van der Waals surface area contributed by atoms with Gasteiger partial charge in [-0.25, -0.2) is 9.97 Å². The molecule has 3 aromatic rings. The number of benzene rings is 2. The van der Waals surface area contributed by atoms with Crippen molar-refractivity contribution in [2.75, 3.05) is 18.0 Å². The van der Waals surface area contributed by atoms with Crippen molar-refractivity contribution in [2.24, 2.45) is 11.7 Å². The molecule has 0 radical (unpaired) electrons. The summed E-state index contributed by atoms with van der Waals surface area (Å²) in [5.41, 5.74) is 7.11. The smallest absolute Gasteiger partial charge is 0.308 e. The van der Waals surface area contributed by atoms with Gasteiger partial charge in [0.05, 0.1) is 5.69 Å². The van der Waals surface area contributed by atoms with Gasteiger partial charge in [0.2, 0.25) is 0 Å². The van der Waals surface area contributed by atoms with Crippen LogP contribution in [0, 0.1) is 12.8 Å². The Balaban J connectivity index is 1.44. The Labute approximate surface area is 181 Å². The number of anilines is 1. The standard InChI is InChI=1S/C24H26N4O3/c1-15-23(31-16(2)29)22(24(25)30)27-21(26-15)13-17-9-11-28(12-10-17)20-8-7-18-5-3-4-6-19(18)14-20/h3-8,14,17H,9-13H2,1-2H3,(H2,25,30). The van der Waals surface area contributed by atoms with E-state index in [2.05, 4.69) is 57.3 Å². The number of hydrogen-bond acceptors (Lipinski definition) is 6. The summed E-state index contributed by atoms with van der Waals surface area (Å²) in [6, 6.07) is 15.0. The van der Waals surface area contributed by atoms with Gasteiger partial charge in [-0.2, -0.15) is 0 Å². The quantitative estimate of drug-likeness (QED) is 0.638. The van der Waals surface area contributed by atoms with E-state index in [1.54, 1.807) is 6.92 Å². The van der Waals surface area contributed by atoms with E-state index in [0.717, 1.165) is 25.9 Å². The molecule has 2 aromatic carbocycles. The molecule has 2 N–H and O–H groups in total. The summed E-state index contributed by atoms with van der Waals surface area (Å²) in [5, 5.41) is 2.49. The Morgan fingerprint density at radius 3 is 2.48 bits per heavy atom. The minimum atomic E-state index is -0.728. The van der Waals surface area contributed by atoms with Gasteiger partial charge in [0.15, 0.2) is 11.4 Å². The maximum absolute atomic E-state index is 11.8. The summed E-state index contributed by atoms with van der Waals surface area (Å²) in [6.07, 6.45) is 2.67. The molecule has 0 saturated carbocycles.